The van der Waals surface area contributed by atoms with Crippen molar-refractivity contribution >= 4 is 28.6 Å². The highest BCUT2D eigenvalue weighted by Crippen LogP contribution is 2.26. The molecule has 0 N–H and O–H groups in total. The molecule has 0 spiro atoms. The van der Waals surface area contributed by atoms with Crippen LogP contribution in [0.4, 0.5) is 0 Å². The summed E-state index contributed by atoms with van der Waals surface area (Å²) in [7, 11) is 0. The number of rotatable bonds is 5. The Kier molecular flexibility index (Phi) is 5.45. The van der Waals surface area contributed by atoms with Gasteiger partial charge in [0.25, 0.3) is 0 Å². The monoisotopic (exact) mass is 271 g/mol. The van der Waals surface area contributed by atoms with Gasteiger partial charge in [0.2, 0.25) is 5.04 Å². The van der Waals surface area contributed by atoms with Crippen molar-refractivity contribution in [2.24, 2.45) is 0 Å². The van der Waals surface area contributed by atoms with Gasteiger partial charge in [-0.05, 0) is 19.9 Å². The van der Waals surface area contributed by atoms with Crippen molar-refractivity contribution in [1.82, 2.24) is 4.90 Å². The molecule has 1 unspecified atom stereocenters. The summed E-state index contributed by atoms with van der Waals surface area (Å²) in [6.07, 6.45) is 5.91. The topological polar surface area (TPSA) is 6.25 Å². The fraction of sp³-hybridized carbons (Fsp3) is 0.769. The SMILES string of the molecule is CCN1CCSC1CC=CC1=[N+](CC)CCS1. The van der Waals surface area contributed by atoms with E-state index in [1.165, 1.54) is 42.6 Å². The summed E-state index contributed by atoms with van der Waals surface area (Å²) < 4.78 is 2.47. The fourth-order valence-corrected chi connectivity index (χ4v) is 4.79. The molecule has 0 aromatic carbocycles. The van der Waals surface area contributed by atoms with Gasteiger partial charge in [0.15, 0.2) is 6.54 Å². The third kappa shape index (κ3) is 3.52. The number of hydrogen-bond donors (Lipinski definition) is 0. The average molecular weight is 271 g/mol. The van der Waals surface area contributed by atoms with Gasteiger partial charge in [-0.1, -0.05) is 24.8 Å². The van der Waals surface area contributed by atoms with Gasteiger partial charge in [-0.15, -0.1) is 11.8 Å². The summed E-state index contributed by atoms with van der Waals surface area (Å²) in [4.78, 5) is 2.58. The molecular formula is C13H23N2S2+. The molecule has 1 fully saturated rings. The molecular weight excluding hydrogens is 248 g/mol. The Hall–Kier alpha value is 0.0700. The highest BCUT2D eigenvalue weighted by atomic mass is 32.2. The van der Waals surface area contributed by atoms with Crippen LogP contribution in [0, 0.1) is 0 Å². The first-order chi connectivity index (χ1) is 8.35. The van der Waals surface area contributed by atoms with Crippen LogP contribution in [0.15, 0.2) is 12.2 Å². The first kappa shape index (κ1) is 13.5. The Morgan fingerprint density at radius 1 is 1.41 bits per heavy atom. The Bertz CT molecular complexity index is 313. The maximum atomic E-state index is 2.58. The van der Waals surface area contributed by atoms with Crippen LogP contribution in [-0.4, -0.2) is 57.6 Å². The van der Waals surface area contributed by atoms with Crippen molar-refractivity contribution in [3.63, 3.8) is 0 Å². The summed E-state index contributed by atoms with van der Waals surface area (Å²) in [5.74, 6) is 2.56. The third-order valence-electron chi connectivity index (χ3n) is 3.40. The van der Waals surface area contributed by atoms with Crippen molar-refractivity contribution in [2.45, 2.75) is 25.6 Å². The van der Waals surface area contributed by atoms with Gasteiger partial charge in [-0.3, -0.25) is 4.90 Å². The summed E-state index contributed by atoms with van der Waals surface area (Å²) in [6, 6.07) is 0. The summed E-state index contributed by atoms with van der Waals surface area (Å²) in [5, 5.41) is 2.19. The zero-order valence-electron chi connectivity index (χ0n) is 10.9. The molecule has 17 heavy (non-hydrogen) atoms. The lowest BCUT2D eigenvalue weighted by Gasteiger charge is -2.19. The smallest absolute Gasteiger partial charge is 0.234 e. The van der Waals surface area contributed by atoms with Crippen LogP contribution in [0.3, 0.4) is 0 Å². The summed E-state index contributed by atoms with van der Waals surface area (Å²) >= 11 is 4.11. The van der Waals surface area contributed by atoms with E-state index in [0.29, 0.717) is 0 Å². The number of hydrogen-bond acceptors (Lipinski definition) is 3. The lowest BCUT2D eigenvalue weighted by atomic mass is 10.3. The van der Waals surface area contributed by atoms with Crippen LogP contribution < -0.4 is 0 Å². The lowest BCUT2D eigenvalue weighted by molar-refractivity contribution is -0.513. The van der Waals surface area contributed by atoms with Gasteiger partial charge in [0.1, 0.15) is 6.54 Å². The third-order valence-corrected chi connectivity index (χ3v) is 5.78. The molecule has 96 valence electrons. The Labute approximate surface area is 114 Å². The molecule has 0 aromatic heterocycles. The van der Waals surface area contributed by atoms with Gasteiger partial charge in [-0.2, -0.15) is 0 Å². The second-order valence-electron chi connectivity index (χ2n) is 4.36. The van der Waals surface area contributed by atoms with Crippen LogP contribution in [-0.2, 0) is 0 Å². The minimum absolute atomic E-state index is 0.721. The molecule has 2 nitrogen and oxygen atoms in total. The maximum absolute atomic E-state index is 2.58. The average Bonchev–Trinajstić information content (AvgIpc) is 2.97. The molecule has 0 saturated carbocycles. The van der Waals surface area contributed by atoms with E-state index in [0.717, 1.165) is 11.9 Å². The van der Waals surface area contributed by atoms with E-state index in [2.05, 4.69) is 47.2 Å². The highest BCUT2D eigenvalue weighted by Gasteiger charge is 2.23. The lowest BCUT2D eigenvalue weighted by Crippen LogP contribution is -2.27. The van der Waals surface area contributed by atoms with Gasteiger partial charge in [-0.25, -0.2) is 4.58 Å². The van der Waals surface area contributed by atoms with E-state index in [1.807, 2.05) is 11.8 Å². The zero-order chi connectivity index (χ0) is 12.1. The second kappa shape index (κ2) is 6.86. The van der Waals surface area contributed by atoms with Crippen LogP contribution in [0.2, 0.25) is 0 Å². The standard InChI is InChI=1S/C13H23N2S2/c1-3-14-8-10-16-12(14)6-5-7-13-15(4-2)9-11-17-13/h5-6,13H,3-4,7-11H2,1-2H3/q+1. The normalized spacial score (nSPS) is 26.6. The molecule has 1 atom stereocenters. The zero-order valence-corrected chi connectivity index (χ0v) is 12.5. The van der Waals surface area contributed by atoms with Crippen molar-refractivity contribution in [2.75, 3.05) is 37.7 Å². The van der Waals surface area contributed by atoms with E-state index in [4.69, 9.17) is 0 Å². The fourth-order valence-electron chi connectivity index (χ4n) is 2.35. The van der Waals surface area contributed by atoms with Gasteiger partial charge in [0, 0.05) is 18.4 Å². The van der Waals surface area contributed by atoms with E-state index in [-0.39, 0.29) is 0 Å². The minimum atomic E-state index is 0.721. The van der Waals surface area contributed by atoms with E-state index >= 15 is 0 Å². The van der Waals surface area contributed by atoms with E-state index in [1.54, 1.807) is 0 Å². The maximum Gasteiger partial charge on any atom is 0.234 e. The molecule has 2 aliphatic rings. The first-order valence-corrected chi connectivity index (χ1v) is 8.65. The first-order valence-electron chi connectivity index (χ1n) is 6.62. The van der Waals surface area contributed by atoms with Gasteiger partial charge >= 0.3 is 0 Å². The second-order valence-corrected chi connectivity index (χ2v) is 6.76. The Morgan fingerprint density at radius 3 is 3.06 bits per heavy atom. The largest absolute Gasteiger partial charge is 0.291 e. The van der Waals surface area contributed by atoms with Crippen molar-refractivity contribution < 1.29 is 4.58 Å². The predicted octanol–water partition coefficient (Wildman–Crippen LogP) is 2.51. The summed E-state index contributed by atoms with van der Waals surface area (Å²) in [5.41, 5.74) is 0. The van der Waals surface area contributed by atoms with Crippen LogP contribution in [0.5, 0.6) is 0 Å². The van der Waals surface area contributed by atoms with Crippen molar-refractivity contribution in [3.05, 3.63) is 12.2 Å². The minimum Gasteiger partial charge on any atom is -0.291 e. The highest BCUT2D eigenvalue weighted by molar-refractivity contribution is 8.14. The van der Waals surface area contributed by atoms with Crippen LogP contribution >= 0.6 is 23.5 Å². The van der Waals surface area contributed by atoms with Crippen LogP contribution in [0.1, 0.15) is 20.3 Å². The van der Waals surface area contributed by atoms with Gasteiger partial charge < -0.3 is 0 Å². The molecule has 1 saturated heterocycles. The van der Waals surface area contributed by atoms with Gasteiger partial charge in [0.05, 0.1) is 11.1 Å². The number of thioether (sulfide) groups is 2. The molecule has 0 aliphatic carbocycles. The Balaban J connectivity index is 1.85. The molecule has 0 radical (unpaired) electrons. The molecule has 2 rings (SSSR count). The summed E-state index contributed by atoms with van der Waals surface area (Å²) in [6.45, 7) is 9.34. The number of nitrogens with zero attached hydrogens (tertiary/aromatic N) is 2. The quantitative estimate of drug-likeness (QED) is 0.709. The molecule has 2 heterocycles. The molecule has 2 aliphatic heterocycles. The van der Waals surface area contributed by atoms with Crippen LogP contribution in [0.25, 0.3) is 0 Å². The van der Waals surface area contributed by atoms with E-state index in [9.17, 15) is 0 Å². The van der Waals surface area contributed by atoms with Crippen molar-refractivity contribution in [3.8, 4) is 0 Å². The molecule has 0 amide bonds. The molecule has 0 bridgehead atoms. The molecule has 0 aromatic rings. The van der Waals surface area contributed by atoms with E-state index < -0.39 is 0 Å². The van der Waals surface area contributed by atoms with Crippen molar-refractivity contribution in [1.29, 1.82) is 0 Å². The molecule has 4 heteroatoms. The predicted molar refractivity (Wildman–Crippen MR) is 80.4 cm³/mol. The Morgan fingerprint density at radius 2 is 2.29 bits per heavy atom.